The van der Waals surface area contributed by atoms with E-state index >= 15 is 0 Å². The largest absolute Gasteiger partial charge is 0.437 e. The highest BCUT2D eigenvalue weighted by atomic mass is 28.5. The maximum atomic E-state index is 10.3. The molecule has 0 bridgehead atoms. The van der Waals surface area contributed by atoms with E-state index in [0.29, 0.717) is 12.8 Å². The summed E-state index contributed by atoms with van der Waals surface area (Å²) in [7, 11) is -6.64. The minimum Gasteiger partial charge on any atom is -0.437 e. The van der Waals surface area contributed by atoms with Crippen molar-refractivity contribution in [3.05, 3.63) is 0 Å². The molecule has 19 heavy (non-hydrogen) atoms. The molecule has 0 rings (SSSR count). The minimum atomic E-state index is -2.62. The number of aliphatic hydroxyl groups is 2. The van der Waals surface area contributed by atoms with Gasteiger partial charge >= 0.3 is 8.56 Å². The normalized spacial score (nSPS) is 19.9. The van der Waals surface area contributed by atoms with Crippen molar-refractivity contribution in [1.29, 1.82) is 0 Å². The summed E-state index contributed by atoms with van der Waals surface area (Å²) < 4.78 is 12.5. The van der Waals surface area contributed by atoms with Crippen LogP contribution in [-0.2, 0) is 8.23 Å². The quantitative estimate of drug-likeness (QED) is 0.674. The average Bonchev–Trinajstić information content (AvgIpc) is 2.22. The Labute approximate surface area is 121 Å². The fourth-order valence-electron chi connectivity index (χ4n) is 2.46. The third kappa shape index (κ3) is 6.19. The van der Waals surface area contributed by atoms with Crippen molar-refractivity contribution in [3.8, 4) is 0 Å². The van der Waals surface area contributed by atoms with Gasteiger partial charge in [0, 0.05) is 0 Å². The second kappa shape index (κ2) is 6.97. The molecule has 0 heterocycles. The predicted molar refractivity (Wildman–Crippen MR) is 87.2 cm³/mol. The maximum Gasteiger partial charge on any atom is 0.311 e. The lowest BCUT2D eigenvalue weighted by atomic mass is 10.5. The van der Waals surface area contributed by atoms with Crippen LogP contribution in [0.1, 0.15) is 26.7 Å². The average molecular weight is 325 g/mol. The maximum absolute atomic E-state index is 10.3. The van der Waals surface area contributed by atoms with Crippen molar-refractivity contribution >= 4 is 25.2 Å². The summed E-state index contributed by atoms with van der Waals surface area (Å²) >= 11 is 0. The lowest BCUT2D eigenvalue weighted by Gasteiger charge is -2.43. The molecular weight excluding hydrogens is 292 g/mol. The first kappa shape index (κ1) is 19.5. The zero-order chi connectivity index (χ0) is 15.5. The fraction of sp³-hybridized carbons (Fsp3) is 1.00. The molecule has 0 aromatic heterocycles. The zero-order valence-electron chi connectivity index (χ0n) is 13.8. The van der Waals surface area contributed by atoms with Crippen molar-refractivity contribution in [3.63, 3.8) is 0 Å². The number of hydrogen-bond donors (Lipinski definition) is 2. The van der Waals surface area contributed by atoms with Gasteiger partial charge in [-0.2, -0.15) is 0 Å². The van der Waals surface area contributed by atoms with Crippen LogP contribution < -0.4 is 0 Å². The molecule has 4 nitrogen and oxygen atoms in total. The molecule has 0 aromatic rings. The summed E-state index contributed by atoms with van der Waals surface area (Å²) in [6.45, 7) is 16.2. The Balaban J connectivity index is 5.11. The first-order valence-electron chi connectivity index (χ1n) is 7.14. The van der Waals surface area contributed by atoms with Gasteiger partial charge in [-0.25, -0.2) is 0 Å². The third-order valence-electron chi connectivity index (χ3n) is 3.11. The van der Waals surface area contributed by atoms with Gasteiger partial charge in [0.1, 0.15) is 0 Å². The molecule has 0 radical (unpaired) electrons. The van der Waals surface area contributed by atoms with Crippen molar-refractivity contribution < 1.29 is 18.4 Å². The predicted octanol–water partition coefficient (Wildman–Crippen LogP) is 2.75. The van der Waals surface area contributed by atoms with Gasteiger partial charge < -0.3 is 18.4 Å². The molecule has 0 aliphatic heterocycles. The monoisotopic (exact) mass is 324 g/mol. The number of hydrogen-bond acceptors (Lipinski definition) is 4. The lowest BCUT2D eigenvalue weighted by Crippen LogP contribution is -2.63. The van der Waals surface area contributed by atoms with Crippen LogP contribution in [0.2, 0.25) is 39.3 Å². The van der Waals surface area contributed by atoms with E-state index < -0.39 is 36.7 Å². The molecule has 0 saturated carbocycles. The van der Waals surface area contributed by atoms with E-state index in [4.69, 9.17) is 8.23 Å². The molecular formula is C12H32O4Si3. The second-order valence-electron chi connectivity index (χ2n) is 6.75. The summed E-state index contributed by atoms with van der Waals surface area (Å²) in [6.07, 6.45) is 1.22. The van der Waals surface area contributed by atoms with E-state index in [2.05, 4.69) is 19.6 Å². The van der Waals surface area contributed by atoms with Crippen LogP contribution in [0.15, 0.2) is 0 Å². The summed E-state index contributed by atoms with van der Waals surface area (Å²) in [4.78, 5) is 0. The molecule has 0 spiro atoms. The highest BCUT2D eigenvalue weighted by Gasteiger charge is 2.48. The molecule has 0 aromatic carbocycles. The van der Waals surface area contributed by atoms with Gasteiger partial charge in [-0.1, -0.05) is 13.8 Å². The summed E-state index contributed by atoms with van der Waals surface area (Å²) in [5.74, 6) is 0. The summed E-state index contributed by atoms with van der Waals surface area (Å²) in [5.41, 5.74) is -1.11. The summed E-state index contributed by atoms with van der Waals surface area (Å²) in [6, 6.07) is 0. The molecule has 0 saturated heterocycles. The van der Waals surface area contributed by atoms with E-state index in [0.717, 1.165) is 0 Å². The van der Waals surface area contributed by atoms with Gasteiger partial charge in [0.15, 0.2) is 8.32 Å². The SMILES string of the molecule is CCC(O)[Si](C)(O[Si](C)(C)O[Si](C)(C)C)C(O)CC. The van der Waals surface area contributed by atoms with E-state index in [1.807, 2.05) is 33.5 Å². The fourth-order valence-corrected chi connectivity index (χ4v) is 16.3. The van der Waals surface area contributed by atoms with E-state index in [9.17, 15) is 10.2 Å². The smallest absolute Gasteiger partial charge is 0.311 e. The van der Waals surface area contributed by atoms with Crippen molar-refractivity contribution in [2.45, 2.75) is 77.4 Å². The van der Waals surface area contributed by atoms with Crippen LogP contribution >= 0.6 is 0 Å². The number of aliphatic hydroxyl groups excluding tert-OH is 2. The first-order valence-corrected chi connectivity index (χ1v) is 15.9. The van der Waals surface area contributed by atoms with Crippen LogP contribution in [0.5, 0.6) is 0 Å². The molecule has 0 amide bonds. The molecule has 0 fully saturated rings. The van der Waals surface area contributed by atoms with Gasteiger partial charge in [-0.15, -0.1) is 0 Å². The van der Waals surface area contributed by atoms with Crippen molar-refractivity contribution in [2.75, 3.05) is 0 Å². The van der Waals surface area contributed by atoms with Crippen LogP contribution in [0, 0.1) is 0 Å². The van der Waals surface area contributed by atoms with Crippen molar-refractivity contribution in [2.24, 2.45) is 0 Å². The minimum absolute atomic E-state index is 0.556. The lowest BCUT2D eigenvalue weighted by molar-refractivity contribution is 0.158. The highest BCUT2D eigenvalue weighted by Crippen LogP contribution is 2.27. The third-order valence-corrected chi connectivity index (χ3v) is 14.7. The van der Waals surface area contributed by atoms with E-state index in [1.54, 1.807) is 0 Å². The Morgan fingerprint density at radius 3 is 1.42 bits per heavy atom. The van der Waals surface area contributed by atoms with Gasteiger partial charge in [-0.3, -0.25) is 0 Å². The standard InChI is InChI=1S/C12H32O4Si3/c1-9-11(13)19(8,12(14)10-2)16-18(6,7)15-17(3,4)5/h11-14H,9-10H2,1-8H3. The molecule has 2 N–H and O–H groups in total. The van der Waals surface area contributed by atoms with Crippen LogP contribution in [-0.4, -0.2) is 46.9 Å². The van der Waals surface area contributed by atoms with Crippen LogP contribution in [0.3, 0.4) is 0 Å². The Bertz CT molecular complexity index is 269. The molecule has 116 valence electrons. The molecule has 0 aliphatic rings. The molecule has 2 unspecified atom stereocenters. The highest BCUT2D eigenvalue weighted by molar-refractivity contribution is 6.88. The van der Waals surface area contributed by atoms with Gasteiger partial charge in [-0.05, 0) is 52.1 Å². The summed E-state index contributed by atoms with van der Waals surface area (Å²) in [5, 5.41) is 20.6. The molecule has 0 aliphatic carbocycles. The first-order chi connectivity index (χ1) is 8.38. The Morgan fingerprint density at radius 1 is 0.789 bits per heavy atom. The molecule has 2 atom stereocenters. The van der Waals surface area contributed by atoms with Gasteiger partial charge in [0.2, 0.25) is 8.32 Å². The van der Waals surface area contributed by atoms with Crippen LogP contribution in [0.25, 0.3) is 0 Å². The number of rotatable bonds is 8. The van der Waals surface area contributed by atoms with E-state index in [1.165, 1.54) is 0 Å². The topological polar surface area (TPSA) is 58.9 Å². The Hall–Kier alpha value is 0.491. The van der Waals surface area contributed by atoms with E-state index in [-0.39, 0.29) is 0 Å². The van der Waals surface area contributed by atoms with Gasteiger partial charge in [0.25, 0.3) is 0 Å². The Morgan fingerprint density at radius 2 is 1.16 bits per heavy atom. The van der Waals surface area contributed by atoms with Crippen molar-refractivity contribution in [1.82, 2.24) is 0 Å². The Kier molecular flexibility index (Phi) is 7.15. The van der Waals surface area contributed by atoms with Gasteiger partial charge in [0.05, 0.1) is 11.5 Å². The van der Waals surface area contributed by atoms with Crippen LogP contribution in [0.4, 0.5) is 0 Å². The molecule has 7 heteroatoms. The zero-order valence-corrected chi connectivity index (χ0v) is 16.8. The second-order valence-corrected chi connectivity index (χ2v) is 19.1.